The standard InChI is InChI=1S/C15H24N2O/c1-2-12-5-3-8-15(9-12)18-11-14-7-4-6-13(10-16)17-14/h4,6-7,12,15H,2-3,5,8-11,16H2,1H3. The Morgan fingerprint density at radius 3 is 2.94 bits per heavy atom. The summed E-state index contributed by atoms with van der Waals surface area (Å²) in [7, 11) is 0. The van der Waals surface area contributed by atoms with Crippen LogP contribution in [0.2, 0.25) is 0 Å². The van der Waals surface area contributed by atoms with E-state index in [4.69, 9.17) is 10.5 Å². The van der Waals surface area contributed by atoms with E-state index >= 15 is 0 Å². The third-order valence-electron chi connectivity index (χ3n) is 3.85. The molecule has 0 aliphatic heterocycles. The van der Waals surface area contributed by atoms with Gasteiger partial charge in [-0.3, -0.25) is 4.98 Å². The second-order valence-electron chi connectivity index (χ2n) is 5.20. The predicted molar refractivity (Wildman–Crippen MR) is 73.0 cm³/mol. The molecule has 18 heavy (non-hydrogen) atoms. The Balaban J connectivity index is 1.83. The van der Waals surface area contributed by atoms with E-state index in [1.807, 2.05) is 18.2 Å². The minimum absolute atomic E-state index is 0.423. The van der Waals surface area contributed by atoms with Gasteiger partial charge in [-0.2, -0.15) is 0 Å². The molecule has 2 N–H and O–H groups in total. The summed E-state index contributed by atoms with van der Waals surface area (Å²) in [6.45, 7) is 3.39. The Morgan fingerprint density at radius 2 is 2.17 bits per heavy atom. The van der Waals surface area contributed by atoms with E-state index in [-0.39, 0.29) is 0 Å². The molecule has 1 fully saturated rings. The van der Waals surface area contributed by atoms with Gasteiger partial charge in [-0.05, 0) is 30.9 Å². The van der Waals surface area contributed by atoms with Crippen LogP contribution in [-0.4, -0.2) is 11.1 Å². The van der Waals surface area contributed by atoms with Crippen molar-refractivity contribution in [2.45, 2.75) is 58.3 Å². The maximum Gasteiger partial charge on any atom is 0.0891 e. The van der Waals surface area contributed by atoms with Crippen LogP contribution < -0.4 is 5.73 Å². The fourth-order valence-corrected chi connectivity index (χ4v) is 2.69. The van der Waals surface area contributed by atoms with Crippen molar-refractivity contribution >= 4 is 0 Å². The molecule has 3 heteroatoms. The molecule has 0 saturated heterocycles. The van der Waals surface area contributed by atoms with Gasteiger partial charge in [-0.25, -0.2) is 0 Å². The van der Waals surface area contributed by atoms with Crippen molar-refractivity contribution in [3.8, 4) is 0 Å². The average Bonchev–Trinajstić information content (AvgIpc) is 2.45. The highest BCUT2D eigenvalue weighted by Gasteiger charge is 2.21. The molecule has 1 heterocycles. The van der Waals surface area contributed by atoms with Crippen LogP contribution in [0.5, 0.6) is 0 Å². The summed E-state index contributed by atoms with van der Waals surface area (Å²) in [5, 5.41) is 0. The van der Waals surface area contributed by atoms with Crippen molar-refractivity contribution in [3.05, 3.63) is 29.6 Å². The average molecular weight is 248 g/mol. The van der Waals surface area contributed by atoms with E-state index in [0.29, 0.717) is 19.3 Å². The zero-order valence-corrected chi connectivity index (χ0v) is 11.3. The molecule has 0 radical (unpaired) electrons. The van der Waals surface area contributed by atoms with E-state index in [2.05, 4.69) is 11.9 Å². The molecule has 0 aromatic carbocycles. The number of rotatable bonds is 5. The Kier molecular flexibility index (Phi) is 5.14. The summed E-state index contributed by atoms with van der Waals surface area (Å²) >= 11 is 0. The number of hydrogen-bond donors (Lipinski definition) is 1. The molecule has 2 rings (SSSR count). The van der Waals surface area contributed by atoms with E-state index in [1.54, 1.807) is 0 Å². The largest absolute Gasteiger partial charge is 0.372 e. The summed E-state index contributed by atoms with van der Waals surface area (Å²) < 4.78 is 6.00. The fraction of sp³-hybridized carbons (Fsp3) is 0.667. The Labute approximate surface area is 110 Å². The maximum absolute atomic E-state index is 6.00. The maximum atomic E-state index is 6.00. The lowest BCUT2D eigenvalue weighted by atomic mass is 9.85. The van der Waals surface area contributed by atoms with Gasteiger partial charge < -0.3 is 10.5 Å². The van der Waals surface area contributed by atoms with Gasteiger partial charge in [0.25, 0.3) is 0 Å². The zero-order valence-electron chi connectivity index (χ0n) is 11.3. The van der Waals surface area contributed by atoms with Gasteiger partial charge in [0.05, 0.1) is 24.1 Å². The summed E-state index contributed by atoms with van der Waals surface area (Å²) in [5.74, 6) is 0.854. The van der Waals surface area contributed by atoms with Gasteiger partial charge in [-0.1, -0.05) is 32.3 Å². The van der Waals surface area contributed by atoms with E-state index < -0.39 is 0 Å². The van der Waals surface area contributed by atoms with E-state index in [9.17, 15) is 0 Å². The van der Waals surface area contributed by atoms with Crippen molar-refractivity contribution in [2.75, 3.05) is 0 Å². The number of aromatic nitrogens is 1. The summed E-state index contributed by atoms with van der Waals surface area (Å²) in [6, 6.07) is 5.97. The first-order valence-electron chi connectivity index (χ1n) is 7.08. The van der Waals surface area contributed by atoms with Crippen LogP contribution in [0.3, 0.4) is 0 Å². The lowest BCUT2D eigenvalue weighted by Crippen LogP contribution is -2.22. The zero-order chi connectivity index (χ0) is 12.8. The molecule has 0 bridgehead atoms. The molecule has 100 valence electrons. The van der Waals surface area contributed by atoms with Crippen LogP contribution in [0, 0.1) is 5.92 Å². The van der Waals surface area contributed by atoms with Gasteiger partial charge in [0.1, 0.15) is 0 Å². The minimum atomic E-state index is 0.423. The second kappa shape index (κ2) is 6.86. The van der Waals surface area contributed by atoms with Gasteiger partial charge in [0, 0.05) is 6.54 Å². The summed E-state index contributed by atoms with van der Waals surface area (Å²) in [5.41, 5.74) is 7.52. The van der Waals surface area contributed by atoms with E-state index in [1.165, 1.54) is 32.1 Å². The van der Waals surface area contributed by atoms with Gasteiger partial charge >= 0.3 is 0 Å². The molecule has 1 saturated carbocycles. The first-order chi connectivity index (χ1) is 8.81. The van der Waals surface area contributed by atoms with Crippen molar-refractivity contribution in [1.29, 1.82) is 0 Å². The third-order valence-corrected chi connectivity index (χ3v) is 3.85. The quantitative estimate of drug-likeness (QED) is 0.871. The smallest absolute Gasteiger partial charge is 0.0891 e. The van der Waals surface area contributed by atoms with Crippen molar-refractivity contribution in [1.82, 2.24) is 4.98 Å². The highest BCUT2D eigenvalue weighted by Crippen LogP contribution is 2.28. The number of hydrogen-bond acceptors (Lipinski definition) is 3. The number of nitrogens with two attached hydrogens (primary N) is 1. The van der Waals surface area contributed by atoms with Crippen LogP contribution >= 0.6 is 0 Å². The molecule has 1 aliphatic rings. The Morgan fingerprint density at radius 1 is 1.33 bits per heavy atom. The second-order valence-corrected chi connectivity index (χ2v) is 5.20. The van der Waals surface area contributed by atoms with Crippen molar-refractivity contribution in [3.63, 3.8) is 0 Å². The van der Waals surface area contributed by atoms with Crippen LogP contribution in [0.25, 0.3) is 0 Å². The normalized spacial score (nSPS) is 24.1. The molecular formula is C15H24N2O. The monoisotopic (exact) mass is 248 g/mol. The molecule has 2 unspecified atom stereocenters. The highest BCUT2D eigenvalue weighted by atomic mass is 16.5. The topological polar surface area (TPSA) is 48.1 Å². The highest BCUT2D eigenvalue weighted by molar-refractivity contribution is 5.10. The van der Waals surface area contributed by atoms with Crippen LogP contribution in [0.4, 0.5) is 0 Å². The predicted octanol–water partition coefficient (Wildman–Crippen LogP) is 3.03. The van der Waals surface area contributed by atoms with Crippen LogP contribution in [0.1, 0.15) is 50.4 Å². The fourth-order valence-electron chi connectivity index (χ4n) is 2.69. The number of nitrogens with zero attached hydrogens (tertiary/aromatic N) is 1. The first kappa shape index (κ1) is 13.5. The van der Waals surface area contributed by atoms with Crippen LogP contribution in [0.15, 0.2) is 18.2 Å². The van der Waals surface area contributed by atoms with E-state index in [0.717, 1.165) is 17.3 Å². The molecular weight excluding hydrogens is 224 g/mol. The Hall–Kier alpha value is -0.930. The third kappa shape index (κ3) is 3.79. The molecule has 1 aromatic rings. The molecule has 0 spiro atoms. The Bertz CT molecular complexity index is 367. The lowest BCUT2D eigenvalue weighted by Gasteiger charge is -2.28. The summed E-state index contributed by atoms with van der Waals surface area (Å²) in [6.07, 6.45) is 6.80. The SMILES string of the molecule is CCC1CCCC(OCc2cccc(CN)n2)C1. The summed E-state index contributed by atoms with van der Waals surface area (Å²) in [4.78, 5) is 4.46. The van der Waals surface area contributed by atoms with Gasteiger partial charge in [0.15, 0.2) is 0 Å². The van der Waals surface area contributed by atoms with Gasteiger partial charge in [0.2, 0.25) is 0 Å². The first-order valence-corrected chi connectivity index (χ1v) is 7.08. The molecule has 2 atom stereocenters. The number of pyridine rings is 1. The van der Waals surface area contributed by atoms with Crippen LogP contribution in [-0.2, 0) is 17.9 Å². The lowest BCUT2D eigenvalue weighted by molar-refractivity contribution is 0.000294. The molecule has 0 amide bonds. The number of ether oxygens (including phenoxy) is 1. The molecule has 3 nitrogen and oxygen atoms in total. The minimum Gasteiger partial charge on any atom is -0.372 e. The van der Waals surface area contributed by atoms with Crippen molar-refractivity contribution in [2.24, 2.45) is 11.7 Å². The van der Waals surface area contributed by atoms with Crippen molar-refractivity contribution < 1.29 is 4.74 Å². The van der Waals surface area contributed by atoms with Gasteiger partial charge in [-0.15, -0.1) is 0 Å². The molecule has 1 aromatic heterocycles. The molecule has 1 aliphatic carbocycles.